The predicted molar refractivity (Wildman–Crippen MR) is 83.8 cm³/mol. The third-order valence-corrected chi connectivity index (χ3v) is 6.26. The number of pyridine rings is 1. The van der Waals surface area contributed by atoms with Gasteiger partial charge in [0.25, 0.3) is 10.2 Å². The highest BCUT2D eigenvalue weighted by Crippen LogP contribution is 2.23. The van der Waals surface area contributed by atoms with Crippen LogP contribution in [-0.4, -0.2) is 54.3 Å². The van der Waals surface area contributed by atoms with Gasteiger partial charge < -0.3 is 4.74 Å². The highest BCUT2D eigenvalue weighted by atomic mass is 32.2. The molecule has 0 N–H and O–H groups in total. The van der Waals surface area contributed by atoms with Crippen molar-refractivity contribution < 1.29 is 13.2 Å². The molecule has 0 aromatic carbocycles. The Bertz CT molecular complexity index is 571. The second-order valence-corrected chi connectivity index (χ2v) is 7.82. The highest BCUT2D eigenvalue weighted by Gasteiger charge is 2.36. The molecule has 3 heterocycles. The fourth-order valence-corrected chi connectivity index (χ4v) is 4.79. The van der Waals surface area contributed by atoms with E-state index in [2.05, 4.69) is 4.98 Å². The number of ether oxygens (including phenoxy) is 1. The van der Waals surface area contributed by atoms with Crippen LogP contribution in [0.1, 0.15) is 32.1 Å². The van der Waals surface area contributed by atoms with E-state index in [0.29, 0.717) is 31.9 Å². The molecule has 0 spiro atoms. The molecular weight excluding hydrogens is 302 g/mol. The summed E-state index contributed by atoms with van der Waals surface area (Å²) in [5, 5.41) is 0. The fraction of sp³-hybridized carbons (Fsp3) is 0.667. The first kappa shape index (κ1) is 15.7. The lowest BCUT2D eigenvalue weighted by molar-refractivity contribution is 0.213. The fourth-order valence-electron chi connectivity index (χ4n) is 3.05. The summed E-state index contributed by atoms with van der Waals surface area (Å²) in [5.41, 5.74) is 0. The number of nitrogens with zero attached hydrogens (tertiary/aromatic N) is 3. The molecular formula is C15H23N3O3S. The van der Waals surface area contributed by atoms with Gasteiger partial charge in [-0.05, 0) is 31.4 Å². The molecule has 6 nitrogen and oxygen atoms in total. The Morgan fingerprint density at radius 3 is 2.55 bits per heavy atom. The van der Waals surface area contributed by atoms with Gasteiger partial charge in [0.05, 0.1) is 12.7 Å². The quantitative estimate of drug-likeness (QED) is 0.844. The van der Waals surface area contributed by atoms with Crippen LogP contribution in [0.4, 0.5) is 0 Å². The van der Waals surface area contributed by atoms with E-state index in [1.165, 1.54) is 0 Å². The Hall–Kier alpha value is -1.18. The molecule has 2 aliphatic rings. The highest BCUT2D eigenvalue weighted by molar-refractivity contribution is 7.86. The van der Waals surface area contributed by atoms with Crippen molar-refractivity contribution >= 4 is 10.2 Å². The van der Waals surface area contributed by atoms with Crippen molar-refractivity contribution in [3.63, 3.8) is 0 Å². The second kappa shape index (κ2) is 6.93. The number of hydrogen-bond donors (Lipinski definition) is 0. The topological polar surface area (TPSA) is 62.7 Å². The Kier molecular flexibility index (Phi) is 4.95. The van der Waals surface area contributed by atoms with Gasteiger partial charge in [-0.3, -0.25) is 4.98 Å². The van der Waals surface area contributed by atoms with E-state index in [1.54, 1.807) is 21.0 Å². The van der Waals surface area contributed by atoms with E-state index >= 15 is 0 Å². The van der Waals surface area contributed by atoms with E-state index in [9.17, 15) is 8.42 Å². The second-order valence-electron chi connectivity index (χ2n) is 5.90. The number of rotatable bonds is 4. The van der Waals surface area contributed by atoms with Crippen molar-refractivity contribution in [2.45, 2.75) is 38.2 Å². The lowest BCUT2D eigenvalue weighted by atomic mass is 10.2. The summed E-state index contributed by atoms with van der Waals surface area (Å²) in [6, 6.07) is 3.66. The van der Waals surface area contributed by atoms with Gasteiger partial charge in [0.2, 0.25) is 0 Å². The SMILES string of the molecule is O=S(=O)(N1CCCCCC1)N1CCC(Oc2cccnc2)C1. The molecule has 122 valence electrons. The van der Waals surface area contributed by atoms with Gasteiger partial charge in [0, 0.05) is 25.8 Å². The van der Waals surface area contributed by atoms with Gasteiger partial charge in [-0.1, -0.05) is 12.8 Å². The third kappa shape index (κ3) is 3.59. The van der Waals surface area contributed by atoms with Crippen molar-refractivity contribution in [1.82, 2.24) is 13.6 Å². The summed E-state index contributed by atoms with van der Waals surface area (Å²) < 4.78 is 34.5. The molecule has 0 bridgehead atoms. The maximum Gasteiger partial charge on any atom is 0.282 e. The first-order chi connectivity index (χ1) is 10.7. The molecule has 0 amide bonds. The summed E-state index contributed by atoms with van der Waals surface area (Å²) in [6.45, 7) is 2.25. The standard InChI is InChI=1S/C15H23N3O3S/c19-22(20,17-9-3-1-2-4-10-17)18-11-7-15(13-18)21-14-6-5-8-16-12-14/h5-6,8,12,15H,1-4,7,9-11,13H2. The maximum absolute atomic E-state index is 12.7. The van der Waals surface area contributed by atoms with Crippen molar-refractivity contribution in [3.05, 3.63) is 24.5 Å². The summed E-state index contributed by atoms with van der Waals surface area (Å²) in [7, 11) is -3.34. The van der Waals surface area contributed by atoms with Crippen LogP contribution in [0.2, 0.25) is 0 Å². The minimum absolute atomic E-state index is 0.0917. The zero-order chi connectivity index (χ0) is 15.4. The Morgan fingerprint density at radius 1 is 1.09 bits per heavy atom. The maximum atomic E-state index is 12.7. The van der Waals surface area contributed by atoms with Crippen LogP contribution in [0, 0.1) is 0 Å². The van der Waals surface area contributed by atoms with E-state index < -0.39 is 10.2 Å². The Balaban J connectivity index is 1.61. The Labute approximate surface area is 132 Å². The van der Waals surface area contributed by atoms with Crippen molar-refractivity contribution in [2.24, 2.45) is 0 Å². The van der Waals surface area contributed by atoms with Gasteiger partial charge in [-0.25, -0.2) is 0 Å². The lowest BCUT2D eigenvalue weighted by Gasteiger charge is -2.26. The summed E-state index contributed by atoms with van der Waals surface area (Å²) >= 11 is 0. The van der Waals surface area contributed by atoms with Gasteiger partial charge in [-0.2, -0.15) is 17.0 Å². The molecule has 1 atom stereocenters. The van der Waals surface area contributed by atoms with E-state index in [4.69, 9.17) is 4.74 Å². The van der Waals surface area contributed by atoms with Crippen molar-refractivity contribution in [1.29, 1.82) is 0 Å². The van der Waals surface area contributed by atoms with Crippen LogP contribution in [0.5, 0.6) is 5.75 Å². The number of hydrogen-bond acceptors (Lipinski definition) is 4. The molecule has 0 radical (unpaired) electrons. The molecule has 1 aromatic rings. The van der Waals surface area contributed by atoms with E-state index in [0.717, 1.165) is 32.1 Å². The summed E-state index contributed by atoms with van der Waals surface area (Å²) in [4.78, 5) is 4.01. The van der Waals surface area contributed by atoms with Crippen molar-refractivity contribution in [2.75, 3.05) is 26.2 Å². The molecule has 7 heteroatoms. The van der Waals surface area contributed by atoms with Crippen LogP contribution in [0.3, 0.4) is 0 Å². The molecule has 2 fully saturated rings. The largest absolute Gasteiger partial charge is 0.487 e. The van der Waals surface area contributed by atoms with Gasteiger partial charge in [0.1, 0.15) is 11.9 Å². The van der Waals surface area contributed by atoms with Crippen molar-refractivity contribution in [3.8, 4) is 5.75 Å². The zero-order valence-corrected chi connectivity index (χ0v) is 13.5. The molecule has 2 saturated heterocycles. The Morgan fingerprint density at radius 2 is 1.86 bits per heavy atom. The summed E-state index contributed by atoms with van der Waals surface area (Å²) in [5.74, 6) is 0.696. The molecule has 2 aliphatic heterocycles. The molecule has 1 aromatic heterocycles. The van der Waals surface area contributed by atoms with Crippen LogP contribution in [-0.2, 0) is 10.2 Å². The lowest BCUT2D eigenvalue weighted by Crippen LogP contribution is -2.43. The smallest absolute Gasteiger partial charge is 0.282 e. The van der Waals surface area contributed by atoms with E-state index in [-0.39, 0.29) is 6.10 Å². The minimum Gasteiger partial charge on any atom is -0.487 e. The normalized spacial score (nSPS) is 25.0. The molecule has 3 rings (SSSR count). The molecule has 0 aliphatic carbocycles. The van der Waals surface area contributed by atoms with Crippen LogP contribution in [0.25, 0.3) is 0 Å². The molecule has 0 saturated carbocycles. The first-order valence-corrected chi connectivity index (χ1v) is 9.38. The predicted octanol–water partition coefficient (Wildman–Crippen LogP) is 1.66. The molecule has 22 heavy (non-hydrogen) atoms. The molecule has 1 unspecified atom stereocenters. The van der Waals surface area contributed by atoms with Gasteiger partial charge in [-0.15, -0.1) is 0 Å². The first-order valence-electron chi connectivity index (χ1n) is 7.98. The minimum atomic E-state index is -3.34. The zero-order valence-electron chi connectivity index (χ0n) is 12.7. The van der Waals surface area contributed by atoms with Crippen LogP contribution in [0.15, 0.2) is 24.5 Å². The average Bonchev–Trinajstić information content (AvgIpc) is 2.82. The van der Waals surface area contributed by atoms with Crippen LogP contribution < -0.4 is 4.74 Å². The van der Waals surface area contributed by atoms with Gasteiger partial charge in [0.15, 0.2) is 0 Å². The van der Waals surface area contributed by atoms with Gasteiger partial charge >= 0.3 is 0 Å². The average molecular weight is 325 g/mol. The van der Waals surface area contributed by atoms with E-state index in [1.807, 2.05) is 12.1 Å². The third-order valence-electron chi connectivity index (χ3n) is 4.26. The number of aromatic nitrogens is 1. The summed E-state index contributed by atoms with van der Waals surface area (Å²) in [6.07, 6.45) is 8.15. The monoisotopic (exact) mass is 325 g/mol. The van der Waals surface area contributed by atoms with Crippen LogP contribution >= 0.6 is 0 Å².